The molecule has 0 unspecified atom stereocenters. The summed E-state index contributed by atoms with van der Waals surface area (Å²) >= 11 is 6.00. The monoisotopic (exact) mass is 494 g/mol. The predicted octanol–water partition coefficient (Wildman–Crippen LogP) is 5.09. The van der Waals surface area contributed by atoms with Crippen LogP contribution in [0.4, 0.5) is 4.39 Å². The Morgan fingerprint density at radius 3 is 2.34 bits per heavy atom. The Labute approximate surface area is 209 Å². The van der Waals surface area contributed by atoms with Gasteiger partial charge in [-0.3, -0.25) is 9.59 Å². The van der Waals surface area contributed by atoms with Gasteiger partial charge in [-0.05, 0) is 53.8 Å². The fraction of sp³-hybridized carbons (Fsp3) is 0.286. The van der Waals surface area contributed by atoms with E-state index in [1.54, 1.807) is 41.3 Å². The highest BCUT2D eigenvalue weighted by molar-refractivity contribution is 6.30. The normalized spacial score (nSPS) is 16.0. The highest BCUT2D eigenvalue weighted by Gasteiger charge is 2.32. The lowest BCUT2D eigenvalue weighted by Crippen LogP contribution is -2.45. The number of rotatable bonds is 9. The smallest absolute Gasteiger partial charge is 0.247 e. The van der Waals surface area contributed by atoms with E-state index in [1.807, 2.05) is 30.3 Å². The van der Waals surface area contributed by atoms with Crippen LogP contribution in [0, 0.1) is 5.82 Å². The molecule has 0 aliphatic carbocycles. The van der Waals surface area contributed by atoms with Gasteiger partial charge in [0.2, 0.25) is 11.8 Å². The number of carbonyl (C=O) groups is 2. The van der Waals surface area contributed by atoms with Crippen LogP contribution in [0.15, 0.2) is 78.9 Å². The summed E-state index contributed by atoms with van der Waals surface area (Å²) < 4.78 is 19.2. The Bertz CT molecular complexity index is 1120. The van der Waals surface area contributed by atoms with Crippen molar-refractivity contribution >= 4 is 23.4 Å². The van der Waals surface area contributed by atoms with Crippen LogP contribution in [0.1, 0.15) is 35.6 Å². The number of benzene rings is 3. The van der Waals surface area contributed by atoms with Crippen molar-refractivity contribution in [3.8, 4) is 0 Å². The first-order valence-electron chi connectivity index (χ1n) is 11.7. The third-order valence-corrected chi connectivity index (χ3v) is 6.31. The van der Waals surface area contributed by atoms with Gasteiger partial charge in [0.25, 0.3) is 0 Å². The molecular formula is C28H28ClFN2O3. The molecule has 3 aromatic rings. The van der Waals surface area contributed by atoms with E-state index in [4.69, 9.17) is 16.3 Å². The molecule has 1 heterocycles. The van der Waals surface area contributed by atoms with E-state index in [1.165, 1.54) is 12.1 Å². The van der Waals surface area contributed by atoms with Crippen LogP contribution in [-0.4, -0.2) is 36.0 Å². The number of amides is 2. The lowest BCUT2D eigenvalue weighted by molar-refractivity contribution is -0.141. The lowest BCUT2D eigenvalue weighted by atomic mass is 10.0. The number of ether oxygens (including phenoxy) is 1. The van der Waals surface area contributed by atoms with E-state index in [-0.39, 0.29) is 36.7 Å². The van der Waals surface area contributed by atoms with Gasteiger partial charge in [-0.1, -0.05) is 66.2 Å². The third kappa shape index (κ3) is 6.90. The summed E-state index contributed by atoms with van der Waals surface area (Å²) in [4.78, 5) is 28.8. The van der Waals surface area contributed by atoms with Crippen LogP contribution in [0.5, 0.6) is 0 Å². The summed E-state index contributed by atoms with van der Waals surface area (Å²) in [5.41, 5.74) is 2.21. The summed E-state index contributed by atoms with van der Waals surface area (Å²) in [5.74, 6) is -0.863. The number of nitrogens with one attached hydrogen (secondary N) is 1. The zero-order valence-electron chi connectivity index (χ0n) is 19.3. The zero-order chi connectivity index (χ0) is 24.6. The molecule has 0 bridgehead atoms. The van der Waals surface area contributed by atoms with Gasteiger partial charge in [-0.25, -0.2) is 4.39 Å². The van der Waals surface area contributed by atoms with Gasteiger partial charge < -0.3 is 15.0 Å². The van der Waals surface area contributed by atoms with Crippen molar-refractivity contribution in [2.24, 2.45) is 0 Å². The third-order valence-electron chi connectivity index (χ3n) is 6.06. The maximum atomic E-state index is 13.7. The first kappa shape index (κ1) is 24.9. The van der Waals surface area contributed by atoms with Gasteiger partial charge in [0.1, 0.15) is 11.9 Å². The Kier molecular flexibility index (Phi) is 8.50. The van der Waals surface area contributed by atoms with Gasteiger partial charge in [0.15, 0.2) is 0 Å². The fourth-order valence-corrected chi connectivity index (χ4v) is 4.34. The highest BCUT2D eigenvalue weighted by Crippen LogP contribution is 2.25. The maximum Gasteiger partial charge on any atom is 0.247 e. The number of hydrogen-bond acceptors (Lipinski definition) is 3. The van der Waals surface area contributed by atoms with Gasteiger partial charge in [-0.2, -0.15) is 0 Å². The van der Waals surface area contributed by atoms with Crippen molar-refractivity contribution in [2.45, 2.75) is 38.0 Å². The standard InChI is InChI=1S/C28H28ClFN2O3/c29-23-12-8-20(9-13-23)17-26(33)32(19-21-10-14-24(30)15-11-21)27(22-5-2-1-3-6-22)28(34)31-18-25-7-4-16-35-25/h1-3,5-6,8-15,25,27H,4,7,16-19H2,(H,31,34)/t25-,27+/m1/s1. The second-order valence-electron chi connectivity index (χ2n) is 8.64. The lowest BCUT2D eigenvalue weighted by Gasteiger charge is -2.32. The maximum absolute atomic E-state index is 13.7. The molecule has 2 amide bonds. The molecule has 2 atom stereocenters. The molecule has 182 valence electrons. The summed E-state index contributed by atoms with van der Waals surface area (Å²) in [6, 6.07) is 21.4. The van der Waals surface area contributed by atoms with E-state index in [0.29, 0.717) is 23.7 Å². The molecule has 7 heteroatoms. The summed E-state index contributed by atoms with van der Waals surface area (Å²) in [5, 5.41) is 3.57. The van der Waals surface area contributed by atoms with Crippen molar-refractivity contribution in [3.05, 3.63) is 106 Å². The van der Waals surface area contributed by atoms with Crippen molar-refractivity contribution < 1.29 is 18.7 Å². The Morgan fingerprint density at radius 2 is 1.69 bits per heavy atom. The minimum Gasteiger partial charge on any atom is -0.376 e. The second kappa shape index (κ2) is 12.0. The van der Waals surface area contributed by atoms with Crippen molar-refractivity contribution in [3.63, 3.8) is 0 Å². The number of carbonyl (C=O) groups excluding carboxylic acids is 2. The fourth-order valence-electron chi connectivity index (χ4n) is 4.21. The van der Waals surface area contributed by atoms with Crippen LogP contribution >= 0.6 is 11.6 Å². The van der Waals surface area contributed by atoms with Crippen LogP contribution in [0.2, 0.25) is 5.02 Å². The van der Waals surface area contributed by atoms with Crippen LogP contribution in [0.25, 0.3) is 0 Å². The molecule has 4 rings (SSSR count). The number of hydrogen-bond donors (Lipinski definition) is 1. The van der Waals surface area contributed by atoms with Crippen LogP contribution in [0.3, 0.4) is 0 Å². The molecule has 0 radical (unpaired) electrons. The molecule has 3 aromatic carbocycles. The molecule has 35 heavy (non-hydrogen) atoms. The Morgan fingerprint density at radius 1 is 1.00 bits per heavy atom. The van der Waals surface area contributed by atoms with E-state index < -0.39 is 6.04 Å². The molecule has 1 saturated heterocycles. The molecular weight excluding hydrogens is 467 g/mol. The Hall–Kier alpha value is -3.22. The molecule has 0 aromatic heterocycles. The number of halogens is 2. The average molecular weight is 495 g/mol. The van der Waals surface area contributed by atoms with Gasteiger partial charge >= 0.3 is 0 Å². The largest absolute Gasteiger partial charge is 0.376 e. The molecule has 0 saturated carbocycles. The predicted molar refractivity (Wildman–Crippen MR) is 133 cm³/mol. The SMILES string of the molecule is O=C(NC[C@H]1CCCO1)[C@H](c1ccccc1)N(Cc1ccc(F)cc1)C(=O)Cc1ccc(Cl)cc1. The molecule has 1 aliphatic heterocycles. The van der Waals surface area contributed by atoms with E-state index in [2.05, 4.69) is 5.32 Å². The highest BCUT2D eigenvalue weighted by atomic mass is 35.5. The average Bonchev–Trinajstić information content (AvgIpc) is 3.39. The van der Waals surface area contributed by atoms with Crippen molar-refractivity contribution in [2.75, 3.05) is 13.2 Å². The first-order valence-corrected chi connectivity index (χ1v) is 12.1. The summed E-state index contributed by atoms with van der Waals surface area (Å²) in [6.07, 6.45) is 1.94. The van der Waals surface area contributed by atoms with Gasteiger partial charge in [0, 0.05) is 24.7 Å². The quantitative estimate of drug-likeness (QED) is 0.451. The Balaban J connectivity index is 1.64. The van der Waals surface area contributed by atoms with Crippen molar-refractivity contribution in [1.82, 2.24) is 10.2 Å². The summed E-state index contributed by atoms with van der Waals surface area (Å²) in [6.45, 7) is 1.23. The molecule has 1 fully saturated rings. The molecule has 1 aliphatic rings. The minimum absolute atomic E-state index is 0.0225. The van der Waals surface area contributed by atoms with E-state index in [9.17, 15) is 14.0 Å². The molecule has 5 nitrogen and oxygen atoms in total. The zero-order valence-corrected chi connectivity index (χ0v) is 20.1. The summed E-state index contributed by atoms with van der Waals surface area (Å²) in [7, 11) is 0. The minimum atomic E-state index is -0.859. The molecule has 0 spiro atoms. The number of nitrogens with zero attached hydrogens (tertiary/aromatic N) is 1. The second-order valence-corrected chi connectivity index (χ2v) is 9.08. The van der Waals surface area contributed by atoms with Gasteiger partial charge in [-0.15, -0.1) is 0 Å². The van der Waals surface area contributed by atoms with Crippen LogP contribution < -0.4 is 5.32 Å². The van der Waals surface area contributed by atoms with Crippen molar-refractivity contribution in [1.29, 1.82) is 0 Å². The van der Waals surface area contributed by atoms with E-state index in [0.717, 1.165) is 24.0 Å². The molecule has 1 N–H and O–H groups in total. The topological polar surface area (TPSA) is 58.6 Å². The first-order chi connectivity index (χ1) is 17.0. The van der Waals surface area contributed by atoms with E-state index >= 15 is 0 Å². The van der Waals surface area contributed by atoms with Crippen LogP contribution in [-0.2, 0) is 27.3 Å². The van der Waals surface area contributed by atoms with Gasteiger partial charge in [0.05, 0.1) is 12.5 Å².